The molecule has 27 heavy (non-hydrogen) atoms. The molecule has 0 amide bonds. The molecule has 136 valence electrons. The van der Waals surface area contributed by atoms with Crippen LogP contribution in [0.1, 0.15) is 40.1 Å². The number of halogens is 1. The summed E-state index contributed by atoms with van der Waals surface area (Å²) in [6.45, 7) is 0. The van der Waals surface area contributed by atoms with Gasteiger partial charge in [0.2, 0.25) is 0 Å². The minimum absolute atomic E-state index is 0.0892. The number of hydrogen-bond acceptors (Lipinski definition) is 4. The van der Waals surface area contributed by atoms with Crippen LogP contribution in [0.2, 0.25) is 5.02 Å². The fourth-order valence-electron chi connectivity index (χ4n) is 3.47. The van der Waals surface area contributed by atoms with Crippen molar-refractivity contribution in [2.45, 2.75) is 19.3 Å². The van der Waals surface area contributed by atoms with Gasteiger partial charge in [-0.25, -0.2) is 4.79 Å². The van der Waals surface area contributed by atoms with Crippen molar-refractivity contribution in [3.63, 3.8) is 0 Å². The van der Waals surface area contributed by atoms with Crippen molar-refractivity contribution in [1.82, 2.24) is 0 Å². The average molecular weight is 381 g/mol. The Balaban J connectivity index is 1.88. The van der Waals surface area contributed by atoms with E-state index >= 15 is 0 Å². The van der Waals surface area contributed by atoms with Gasteiger partial charge in [0.25, 0.3) is 0 Å². The molecule has 0 saturated heterocycles. The third kappa shape index (κ3) is 3.28. The van der Waals surface area contributed by atoms with E-state index in [1.165, 1.54) is 7.11 Å². The summed E-state index contributed by atoms with van der Waals surface area (Å²) in [5.74, 6) is 0.153. The highest BCUT2D eigenvalue weighted by Crippen LogP contribution is 2.33. The minimum atomic E-state index is -0.476. The van der Waals surface area contributed by atoms with Crippen LogP contribution in [0.15, 0.2) is 51.7 Å². The molecule has 0 spiro atoms. The maximum Gasteiger partial charge on any atom is 0.337 e. The van der Waals surface area contributed by atoms with Gasteiger partial charge in [-0.15, -0.1) is 0 Å². The highest BCUT2D eigenvalue weighted by atomic mass is 35.5. The van der Waals surface area contributed by atoms with Crippen LogP contribution in [0, 0.1) is 0 Å². The first-order valence-corrected chi connectivity index (χ1v) is 9.09. The van der Waals surface area contributed by atoms with E-state index in [0.717, 1.165) is 24.0 Å². The molecule has 0 fully saturated rings. The number of carbonyl (C=O) groups excluding carboxylic acids is 1. The van der Waals surface area contributed by atoms with Gasteiger partial charge >= 0.3 is 5.97 Å². The molecule has 4 nitrogen and oxygen atoms in total. The molecule has 1 heterocycles. The van der Waals surface area contributed by atoms with Crippen molar-refractivity contribution < 1.29 is 13.9 Å². The molecule has 0 bridgehead atoms. The molecule has 3 aromatic rings. The van der Waals surface area contributed by atoms with Gasteiger partial charge in [-0.05, 0) is 66.8 Å². The number of rotatable bonds is 2. The van der Waals surface area contributed by atoms with Crippen molar-refractivity contribution in [1.29, 1.82) is 0 Å². The van der Waals surface area contributed by atoms with E-state index in [2.05, 4.69) is 0 Å². The average Bonchev–Trinajstić information content (AvgIpc) is 2.68. The van der Waals surface area contributed by atoms with E-state index in [-0.39, 0.29) is 5.43 Å². The van der Waals surface area contributed by atoms with Crippen molar-refractivity contribution in [2.75, 3.05) is 7.11 Å². The standard InChI is InChI=1S/C22H17ClO4/c1-26-22(25)15-8-9-19-18(12-15)20(24)17-7-3-5-14(21(17)27-19)10-13-4-2-6-16(23)11-13/h2,4,6,8-12H,3,5,7H2,1H3. The first-order valence-electron chi connectivity index (χ1n) is 8.71. The maximum atomic E-state index is 13.0. The number of benzene rings is 2. The second-order valence-corrected chi connectivity index (χ2v) is 6.96. The summed E-state index contributed by atoms with van der Waals surface area (Å²) in [6.07, 6.45) is 4.37. The van der Waals surface area contributed by atoms with Crippen LogP contribution in [0.5, 0.6) is 0 Å². The number of allylic oxidation sites excluding steroid dienone is 1. The van der Waals surface area contributed by atoms with Gasteiger partial charge in [-0.2, -0.15) is 0 Å². The third-order valence-corrected chi connectivity index (χ3v) is 4.99. The number of ether oxygens (including phenoxy) is 1. The number of hydrogen-bond donors (Lipinski definition) is 0. The van der Waals surface area contributed by atoms with Gasteiger partial charge in [-0.1, -0.05) is 23.7 Å². The number of carbonyl (C=O) groups is 1. The van der Waals surface area contributed by atoms with E-state index in [1.54, 1.807) is 18.2 Å². The Morgan fingerprint density at radius 3 is 2.81 bits per heavy atom. The molecule has 1 aliphatic rings. The van der Waals surface area contributed by atoms with Gasteiger partial charge in [0, 0.05) is 10.6 Å². The van der Waals surface area contributed by atoms with Crippen molar-refractivity contribution in [3.05, 3.63) is 80.2 Å². The lowest BCUT2D eigenvalue weighted by atomic mass is 9.90. The molecule has 0 radical (unpaired) electrons. The summed E-state index contributed by atoms with van der Waals surface area (Å²) < 4.78 is 10.8. The van der Waals surface area contributed by atoms with Crippen molar-refractivity contribution >= 4 is 40.2 Å². The van der Waals surface area contributed by atoms with Crippen molar-refractivity contribution in [3.8, 4) is 0 Å². The maximum absolute atomic E-state index is 13.0. The Hall–Kier alpha value is -2.85. The van der Waals surface area contributed by atoms with Crippen LogP contribution in [-0.2, 0) is 11.2 Å². The molecule has 0 aliphatic heterocycles. The normalized spacial score (nSPS) is 15.0. The highest BCUT2D eigenvalue weighted by Gasteiger charge is 2.22. The zero-order valence-electron chi connectivity index (χ0n) is 14.8. The second kappa shape index (κ2) is 7.05. The lowest BCUT2D eigenvalue weighted by Gasteiger charge is -2.18. The van der Waals surface area contributed by atoms with Crippen LogP contribution in [0.25, 0.3) is 22.6 Å². The van der Waals surface area contributed by atoms with E-state index in [9.17, 15) is 9.59 Å². The SMILES string of the molecule is COC(=O)c1ccc2oc3c(c(=O)c2c1)CCCC3=Cc1cccc(Cl)c1. The van der Waals surface area contributed by atoms with Crippen LogP contribution < -0.4 is 5.43 Å². The van der Waals surface area contributed by atoms with Crippen LogP contribution >= 0.6 is 11.6 Å². The molecule has 2 aromatic carbocycles. The van der Waals surface area contributed by atoms with Gasteiger partial charge in [0.1, 0.15) is 11.3 Å². The van der Waals surface area contributed by atoms with Crippen molar-refractivity contribution in [2.24, 2.45) is 0 Å². The Labute approximate surface area is 161 Å². The lowest BCUT2D eigenvalue weighted by molar-refractivity contribution is 0.0601. The molecular weight excluding hydrogens is 364 g/mol. The molecular formula is C22H17ClO4. The smallest absolute Gasteiger partial charge is 0.337 e. The summed E-state index contributed by atoms with van der Waals surface area (Å²) in [5, 5.41) is 1.07. The summed E-state index contributed by atoms with van der Waals surface area (Å²) in [5.41, 5.74) is 3.31. The number of fused-ring (bicyclic) bond motifs is 2. The van der Waals surface area contributed by atoms with Gasteiger partial charge in [0.05, 0.1) is 18.1 Å². The highest BCUT2D eigenvalue weighted by molar-refractivity contribution is 6.30. The van der Waals surface area contributed by atoms with Crippen LogP contribution in [0.4, 0.5) is 0 Å². The number of methoxy groups -OCH3 is 1. The van der Waals surface area contributed by atoms with E-state index < -0.39 is 5.97 Å². The van der Waals surface area contributed by atoms with Crippen LogP contribution in [-0.4, -0.2) is 13.1 Å². The predicted octanol–water partition coefficient (Wildman–Crippen LogP) is 5.11. The first-order chi connectivity index (χ1) is 13.1. The fourth-order valence-corrected chi connectivity index (χ4v) is 3.67. The van der Waals surface area contributed by atoms with Gasteiger partial charge < -0.3 is 9.15 Å². The molecule has 1 aliphatic carbocycles. The van der Waals surface area contributed by atoms with Crippen LogP contribution in [0.3, 0.4) is 0 Å². The fraction of sp³-hybridized carbons (Fsp3) is 0.182. The molecule has 0 saturated carbocycles. The summed E-state index contributed by atoms with van der Waals surface area (Å²) in [7, 11) is 1.31. The van der Waals surface area contributed by atoms with Gasteiger partial charge in [0.15, 0.2) is 5.43 Å². The Kier molecular flexibility index (Phi) is 4.58. The summed E-state index contributed by atoms with van der Waals surface area (Å²) >= 11 is 6.08. The Morgan fingerprint density at radius 1 is 1.19 bits per heavy atom. The first kappa shape index (κ1) is 17.6. The Bertz CT molecular complexity index is 1140. The molecule has 0 unspecified atom stereocenters. The Morgan fingerprint density at radius 2 is 2.04 bits per heavy atom. The molecule has 4 rings (SSSR count). The third-order valence-electron chi connectivity index (χ3n) is 4.76. The molecule has 0 N–H and O–H groups in total. The quantitative estimate of drug-likeness (QED) is 0.580. The summed E-state index contributed by atoms with van der Waals surface area (Å²) in [6, 6.07) is 12.4. The predicted molar refractivity (Wildman–Crippen MR) is 106 cm³/mol. The number of esters is 1. The molecule has 0 atom stereocenters. The monoisotopic (exact) mass is 380 g/mol. The topological polar surface area (TPSA) is 56.5 Å². The molecule has 5 heteroatoms. The minimum Gasteiger partial charge on any atom is -0.465 e. The van der Waals surface area contributed by atoms with E-state index in [0.29, 0.717) is 39.3 Å². The summed E-state index contributed by atoms with van der Waals surface area (Å²) in [4.78, 5) is 24.8. The lowest BCUT2D eigenvalue weighted by Crippen LogP contribution is -2.16. The second-order valence-electron chi connectivity index (χ2n) is 6.52. The van der Waals surface area contributed by atoms with E-state index in [4.69, 9.17) is 20.8 Å². The van der Waals surface area contributed by atoms with Gasteiger partial charge in [-0.3, -0.25) is 4.79 Å². The van der Waals surface area contributed by atoms with E-state index in [1.807, 2.05) is 30.3 Å². The largest absolute Gasteiger partial charge is 0.465 e. The zero-order chi connectivity index (χ0) is 19.0. The molecule has 1 aromatic heterocycles. The zero-order valence-corrected chi connectivity index (χ0v) is 15.5.